The Morgan fingerprint density at radius 2 is 2.00 bits per heavy atom. The van der Waals surface area contributed by atoms with E-state index in [2.05, 4.69) is 5.32 Å². The highest BCUT2D eigenvalue weighted by Gasteiger charge is 2.21. The van der Waals surface area contributed by atoms with Gasteiger partial charge >= 0.3 is 0 Å². The average Bonchev–Trinajstić information content (AvgIpc) is 2.65. The molecule has 0 radical (unpaired) electrons. The number of thiophene rings is 1. The van der Waals surface area contributed by atoms with Crippen LogP contribution in [-0.2, 0) is 0 Å². The number of nitrogens with one attached hydrogen (secondary N) is 1. The van der Waals surface area contributed by atoms with Gasteiger partial charge in [-0.1, -0.05) is 23.7 Å². The predicted octanol–water partition coefficient (Wildman–Crippen LogP) is 3.71. The monoisotopic (exact) mass is 294 g/mol. The first-order chi connectivity index (χ1) is 9.04. The number of halogens is 1. The van der Waals surface area contributed by atoms with Crippen molar-refractivity contribution in [1.82, 2.24) is 5.32 Å². The summed E-state index contributed by atoms with van der Waals surface area (Å²) in [6, 6.07) is 7.43. The zero-order chi connectivity index (χ0) is 14.0. The van der Waals surface area contributed by atoms with Crippen LogP contribution in [0.3, 0.4) is 0 Å². The first-order valence-corrected chi connectivity index (χ1v) is 7.17. The molecule has 0 bridgehead atoms. The van der Waals surface area contributed by atoms with Crippen molar-refractivity contribution in [2.45, 2.75) is 13.8 Å². The molecule has 2 aromatic rings. The summed E-state index contributed by atoms with van der Waals surface area (Å²) in [5.41, 5.74) is 8.38. The van der Waals surface area contributed by atoms with E-state index >= 15 is 0 Å². The fourth-order valence-electron chi connectivity index (χ4n) is 2.00. The molecule has 3 nitrogen and oxygen atoms in total. The maximum Gasteiger partial charge on any atom is 0.254 e. The number of carbonyl (C=O) groups is 1. The van der Waals surface area contributed by atoms with Crippen LogP contribution in [0.15, 0.2) is 24.3 Å². The third-order valence-electron chi connectivity index (χ3n) is 2.81. The quantitative estimate of drug-likeness (QED) is 0.906. The van der Waals surface area contributed by atoms with Crippen LogP contribution >= 0.6 is 22.9 Å². The number of amides is 1. The van der Waals surface area contributed by atoms with Crippen molar-refractivity contribution in [3.05, 3.63) is 39.7 Å². The Labute approximate surface area is 121 Å². The van der Waals surface area contributed by atoms with Crippen molar-refractivity contribution in [3.8, 4) is 11.1 Å². The molecule has 0 fully saturated rings. The number of rotatable bonds is 3. The number of hydrogen-bond acceptors (Lipinski definition) is 3. The maximum absolute atomic E-state index is 12.1. The molecule has 1 aromatic heterocycles. The van der Waals surface area contributed by atoms with Crippen LogP contribution in [0, 0.1) is 6.92 Å². The fourth-order valence-corrected chi connectivity index (χ4v) is 3.08. The van der Waals surface area contributed by atoms with Gasteiger partial charge in [-0.25, -0.2) is 0 Å². The van der Waals surface area contributed by atoms with Crippen molar-refractivity contribution < 1.29 is 4.79 Å². The minimum Gasteiger partial charge on any atom is -0.390 e. The first-order valence-electron chi connectivity index (χ1n) is 5.97. The predicted molar refractivity (Wildman–Crippen MR) is 81.9 cm³/mol. The molecule has 1 amide bonds. The minimum absolute atomic E-state index is 0.130. The zero-order valence-corrected chi connectivity index (χ0v) is 12.4. The van der Waals surface area contributed by atoms with Gasteiger partial charge in [0.15, 0.2) is 0 Å². The van der Waals surface area contributed by atoms with Crippen LogP contribution in [0.2, 0.25) is 5.02 Å². The van der Waals surface area contributed by atoms with Gasteiger partial charge in [0.2, 0.25) is 0 Å². The highest BCUT2D eigenvalue weighted by Crippen LogP contribution is 2.38. The zero-order valence-electron chi connectivity index (χ0n) is 10.8. The minimum atomic E-state index is -0.130. The molecule has 1 heterocycles. The Balaban J connectivity index is 2.56. The van der Waals surface area contributed by atoms with Crippen LogP contribution < -0.4 is 11.1 Å². The van der Waals surface area contributed by atoms with E-state index in [1.165, 1.54) is 11.3 Å². The molecule has 3 N–H and O–H groups in total. The lowest BCUT2D eigenvalue weighted by Gasteiger charge is -2.07. The van der Waals surface area contributed by atoms with Gasteiger partial charge in [0.25, 0.3) is 5.91 Å². The number of carbonyl (C=O) groups excluding carboxylic acids is 1. The third-order valence-corrected chi connectivity index (χ3v) is 4.00. The molecule has 2 rings (SSSR count). The normalized spacial score (nSPS) is 10.5. The molecule has 0 saturated carbocycles. The van der Waals surface area contributed by atoms with E-state index in [9.17, 15) is 4.79 Å². The first kappa shape index (κ1) is 13.9. The number of nitrogen functional groups attached to an aromatic ring is 1. The van der Waals surface area contributed by atoms with Crippen molar-refractivity contribution in [3.63, 3.8) is 0 Å². The molecule has 0 saturated heterocycles. The second-order valence-corrected chi connectivity index (χ2v) is 5.83. The van der Waals surface area contributed by atoms with Crippen LogP contribution in [-0.4, -0.2) is 12.5 Å². The molecule has 1 aromatic carbocycles. The molecule has 100 valence electrons. The Morgan fingerprint density at radius 1 is 1.37 bits per heavy atom. The number of nitrogens with two attached hydrogens (primary N) is 1. The van der Waals surface area contributed by atoms with Crippen LogP contribution in [0.25, 0.3) is 11.1 Å². The Kier molecular flexibility index (Phi) is 4.12. The SMILES string of the molecule is CCNC(=O)c1c(N)sc(C)c1-c1ccc(Cl)cc1. The summed E-state index contributed by atoms with van der Waals surface area (Å²) in [5.74, 6) is -0.130. The van der Waals surface area contributed by atoms with Gasteiger partial charge in [0.05, 0.1) is 10.6 Å². The number of benzene rings is 1. The molecule has 0 atom stereocenters. The van der Waals surface area contributed by atoms with Crippen LogP contribution in [0.4, 0.5) is 5.00 Å². The lowest BCUT2D eigenvalue weighted by Crippen LogP contribution is -2.23. The third kappa shape index (κ3) is 2.74. The Morgan fingerprint density at radius 3 is 2.58 bits per heavy atom. The molecule has 0 unspecified atom stereocenters. The molecule has 19 heavy (non-hydrogen) atoms. The second kappa shape index (κ2) is 5.63. The van der Waals surface area contributed by atoms with E-state index in [-0.39, 0.29) is 5.91 Å². The van der Waals surface area contributed by atoms with E-state index in [1.807, 2.05) is 38.1 Å². The van der Waals surface area contributed by atoms with Crippen molar-refractivity contribution in [1.29, 1.82) is 0 Å². The van der Waals surface area contributed by atoms with Crippen molar-refractivity contribution in [2.24, 2.45) is 0 Å². The summed E-state index contributed by atoms with van der Waals surface area (Å²) >= 11 is 7.33. The standard InChI is InChI=1S/C14H15ClN2OS/c1-3-17-14(18)12-11(8(2)19-13(12)16)9-4-6-10(15)7-5-9/h4-7H,3,16H2,1-2H3,(H,17,18). The molecule has 0 aliphatic heterocycles. The molecule has 0 spiro atoms. The summed E-state index contributed by atoms with van der Waals surface area (Å²) in [7, 11) is 0. The molecule has 0 aliphatic rings. The van der Waals surface area contributed by atoms with Crippen molar-refractivity contribution in [2.75, 3.05) is 12.3 Å². The second-order valence-electron chi connectivity index (χ2n) is 4.14. The van der Waals surface area contributed by atoms with Crippen LogP contribution in [0.5, 0.6) is 0 Å². The van der Waals surface area contributed by atoms with Gasteiger partial charge in [-0.3, -0.25) is 4.79 Å². The number of aryl methyl sites for hydroxylation is 1. The van der Waals surface area contributed by atoms with E-state index in [0.717, 1.165) is 16.0 Å². The van der Waals surface area contributed by atoms with Crippen LogP contribution in [0.1, 0.15) is 22.2 Å². The van der Waals surface area contributed by atoms with Gasteiger partial charge < -0.3 is 11.1 Å². The lowest BCUT2D eigenvalue weighted by atomic mass is 10.0. The highest BCUT2D eigenvalue weighted by atomic mass is 35.5. The average molecular weight is 295 g/mol. The van der Waals surface area contributed by atoms with Gasteiger partial charge in [-0.2, -0.15) is 0 Å². The highest BCUT2D eigenvalue weighted by molar-refractivity contribution is 7.16. The summed E-state index contributed by atoms with van der Waals surface area (Å²) < 4.78 is 0. The molecular weight excluding hydrogens is 280 g/mol. The molecular formula is C14H15ClN2OS. The largest absolute Gasteiger partial charge is 0.390 e. The smallest absolute Gasteiger partial charge is 0.254 e. The fraction of sp³-hybridized carbons (Fsp3) is 0.214. The van der Waals surface area contributed by atoms with Gasteiger partial charge in [-0.05, 0) is 31.5 Å². The molecule has 0 aliphatic carbocycles. The summed E-state index contributed by atoms with van der Waals surface area (Å²) in [5, 5.41) is 4.02. The Hall–Kier alpha value is -1.52. The maximum atomic E-state index is 12.1. The number of hydrogen-bond donors (Lipinski definition) is 2. The van der Waals surface area contributed by atoms with Gasteiger partial charge in [0.1, 0.15) is 0 Å². The number of anilines is 1. The summed E-state index contributed by atoms with van der Waals surface area (Å²) in [6.07, 6.45) is 0. The summed E-state index contributed by atoms with van der Waals surface area (Å²) in [4.78, 5) is 13.2. The van der Waals surface area contributed by atoms with E-state index < -0.39 is 0 Å². The van der Waals surface area contributed by atoms with E-state index in [4.69, 9.17) is 17.3 Å². The molecule has 5 heteroatoms. The topological polar surface area (TPSA) is 55.1 Å². The summed E-state index contributed by atoms with van der Waals surface area (Å²) in [6.45, 7) is 4.43. The Bertz CT molecular complexity index is 605. The van der Waals surface area contributed by atoms with E-state index in [1.54, 1.807) is 0 Å². The van der Waals surface area contributed by atoms with E-state index in [0.29, 0.717) is 22.1 Å². The lowest BCUT2D eigenvalue weighted by molar-refractivity contribution is 0.0957. The van der Waals surface area contributed by atoms with Gasteiger partial charge in [-0.15, -0.1) is 11.3 Å². The van der Waals surface area contributed by atoms with Gasteiger partial charge in [0, 0.05) is 22.0 Å². The van der Waals surface area contributed by atoms with Crippen molar-refractivity contribution >= 4 is 33.8 Å².